The molecule has 0 aromatic heterocycles. The van der Waals surface area contributed by atoms with Crippen LogP contribution in [0.3, 0.4) is 0 Å². The van der Waals surface area contributed by atoms with E-state index in [0.717, 1.165) is 23.4 Å². The molecule has 21 heavy (non-hydrogen) atoms. The molecule has 0 heterocycles. The smallest absolute Gasteiger partial charge is 0.243 e. The number of nitrogens with one attached hydrogen (secondary N) is 2. The maximum Gasteiger partial charge on any atom is 0.243 e. The van der Waals surface area contributed by atoms with Gasteiger partial charge in [0.1, 0.15) is 0 Å². The fraction of sp³-hybridized carbons (Fsp3) is 0.235. The van der Waals surface area contributed by atoms with Gasteiger partial charge >= 0.3 is 0 Å². The van der Waals surface area contributed by atoms with E-state index < -0.39 is 0 Å². The lowest BCUT2D eigenvalue weighted by Gasteiger charge is -2.10. The van der Waals surface area contributed by atoms with Crippen LogP contribution in [0.1, 0.15) is 18.1 Å². The lowest BCUT2D eigenvalue weighted by molar-refractivity contribution is -0.114. The van der Waals surface area contributed by atoms with E-state index in [9.17, 15) is 4.79 Å². The Balaban J connectivity index is 1.92. The number of carbonyl (C=O) groups excluding carboxylic acids is 1. The van der Waals surface area contributed by atoms with Crippen LogP contribution in [0.5, 0.6) is 0 Å². The van der Waals surface area contributed by atoms with Gasteiger partial charge < -0.3 is 10.6 Å². The van der Waals surface area contributed by atoms with Crippen molar-refractivity contribution >= 4 is 28.9 Å². The van der Waals surface area contributed by atoms with Gasteiger partial charge in [0.2, 0.25) is 5.91 Å². The molecule has 2 aromatic rings. The normalized spacial score (nSPS) is 10.2. The molecule has 4 heteroatoms. The van der Waals surface area contributed by atoms with Crippen LogP contribution in [0.15, 0.2) is 42.5 Å². The Labute approximate surface area is 130 Å². The molecule has 3 nitrogen and oxygen atoms in total. The van der Waals surface area contributed by atoms with Gasteiger partial charge in [-0.3, -0.25) is 4.79 Å². The number of anilines is 2. The molecule has 0 aliphatic rings. The minimum atomic E-state index is -0.0973. The number of benzene rings is 2. The Hall–Kier alpha value is -2.00. The van der Waals surface area contributed by atoms with E-state index in [2.05, 4.69) is 17.6 Å². The Morgan fingerprint density at radius 2 is 2.00 bits per heavy atom. The molecule has 0 atom stereocenters. The zero-order chi connectivity index (χ0) is 15.2. The second-order valence-corrected chi connectivity index (χ2v) is 5.35. The van der Waals surface area contributed by atoms with Gasteiger partial charge in [-0.2, -0.15) is 0 Å². The van der Waals surface area contributed by atoms with Gasteiger partial charge in [0.15, 0.2) is 0 Å². The molecule has 0 saturated carbocycles. The fourth-order valence-electron chi connectivity index (χ4n) is 2.01. The van der Waals surface area contributed by atoms with Gasteiger partial charge in [-0.05, 0) is 48.7 Å². The monoisotopic (exact) mass is 302 g/mol. The molecule has 110 valence electrons. The van der Waals surface area contributed by atoms with Crippen LogP contribution < -0.4 is 10.6 Å². The van der Waals surface area contributed by atoms with E-state index in [1.165, 1.54) is 5.56 Å². The predicted molar refractivity (Wildman–Crippen MR) is 89.1 cm³/mol. The van der Waals surface area contributed by atoms with Crippen molar-refractivity contribution in [1.82, 2.24) is 0 Å². The quantitative estimate of drug-likeness (QED) is 0.866. The minimum Gasteiger partial charge on any atom is -0.375 e. The standard InChI is InChI=1S/C17H19ClN2O/c1-3-13-5-4-6-14(10-13)20-17(21)11-19-16-8-7-12(2)9-15(16)18/h4-10,19H,3,11H2,1-2H3,(H,20,21). The van der Waals surface area contributed by atoms with Crippen LogP contribution in [-0.2, 0) is 11.2 Å². The van der Waals surface area contributed by atoms with Crippen molar-refractivity contribution in [2.24, 2.45) is 0 Å². The zero-order valence-corrected chi connectivity index (χ0v) is 13.0. The average Bonchev–Trinajstić information content (AvgIpc) is 2.46. The molecule has 1 amide bonds. The maximum atomic E-state index is 11.9. The molecular weight excluding hydrogens is 284 g/mol. The number of amides is 1. The van der Waals surface area contributed by atoms with Crippen LogP contribution in [0, 0.1) is 6.92 Å². The van der Waals surface area contributed by atoms with Crippen LogP contribution in [0.4, 0.5) is 11.4 Å². The maximum absolute atomic E-state index is 11.9. The van der Waals surface area contributed by atoms with E-state index >= 15 is 0 Å². The molecule has 0 radical (unpaired) electrons. The number of aryl methyl sites for hydroxylation is 2. The van der Waals surface area contributed by atoms with Crippen molar-refractivity contribution in [1.29, 1.82) is 0 Å². The molecule has 0 aliphatic carbocycles. The molecule has 0 fully saturated rings. The summed E-state index contributed by atoms with van der Waals surface area (Å²) >= 11 is 6.12. The fourth-order valence-corrected chi connectivity index (χ4v) is 2.32. The van der Waals surface area contributed by atoms with E-state index in [1.807, 2.05) is 49.4 Å². The molecule has 2 N–H and O–H groups in total. The van der Waals surface area contributed by atoms with Gasteiger partial charge in [-0.15, -0.1) is 0 Å². The Morgan fingerprint density at radius 1 is 1.19 bits per heavy atom. The molecular formula is C17H19ClN2O. The third kappa shape index (κ3) is 4.50. The van der Waals surface area contributed by atoms with Gasteiger partial charge in [-0.25, -0.2) is 0 Å². The lowest BCUT2D eigenvalue weighted by atomic mass is 10.1. The molecule has 2 aromatic carbocycles. The van der Waals surface area contributed by atoms with Crippen molar-refractivity contribution in [2.45, 2.75) is 20.3 Å². The highest BCUT2D eigenvalue weighted by Crippen LogP contribution is 2.22. The highest BCUT2D eigenvalue weighted by molar-refractivity contribution is 6.33. The second kappa shape index (κ2) is 7.14. The topological polar surface area (TPSA) is 41.1 Å². The molecule has 0 unspecified atom stereocenters. The Kier molecular flexibility index (Phi) is 5.23. The van der Waals surface area contributed by atoms with Crippen LogP contribution in [0.25, 0.3) is 0 Å². The van der Waals surface area contributed by atoms with Crippen molar-refractivity contribution < 1.29 is 4.79 Å². The van der Waals surface area contributed by atoms with Crippen molar-refractivity contribution in [3.05, 3.63) is 58.6 Å². The van der Waals surface area contributed by atoms with E-state index in [0.29, 0.717) is 5.02 Å². The van der Waals surface area contributed by atoms with Crippen molar-refractivity contribution in [3.8, 4) is 0 Å². The Bertz CT molecular complexity index is 640. The summed E-state index contributed by atoms with van der Waals surface area (Å²) in [5.74, 6) is -0.0973. The van der Waals surface area contributed by atoms with E-state index in [-0.39, 0.29) is 12.5 Å². The SMILES string of the molecule is CCc1cccc(NC(=O)CNc2ccc(C)cc2Cl)c1. The summed E-state index contributed by atoms with van der Waals surface area (Å²) in [6.07, 6.45) is 0.945. The first-order chi connectivity index (χ1) is 10.1. The molecule has 0 spiro atoms. The first kappa shape index (κ1) is 15.4. The van der Waals surface area contributed by atoms with Gasteiger partial charge in [0.05, 0.1) is 17.3 Å². The molecule has 0 aliphatic heterocycles. The second-order valence-electron chi connectivity index (χ2n) is 4.94. The van der Waals surface area contributed by atoms with Crippen molar-refractivity contribution in [3.63, 3.8) is 0 Å². The Morgan fingerprint density at radius 3 is 2.71 bits per heavy atom. The summed E-state index contributed by atoms with van der Waals surface area (Å²) in [6.45, 7) is 4.24. The average molecular weight is 303 g/mol. The molecule has 2 rings (SSSR count). The summed E-state index contributed by atoms with van der Waals surface area (Å²) in [4.78, 5) is 11.9. The molecule has 0 bridgehead atoms. The summed E-state index contributed by atoms with van der Waals surface area (Å²) in [6, 6.07) is 13.6. The van der Waals surface area contributed by atoms with E-state index in [4.69, 9.17) is 11.6 Å². The summed E-state index contributed by atoms with van der Waals surface area (Å²) in [7, 11) is 0. The summed E-state index contributed by atoms with van der Waals surface area (Å²) in [5.41, 5.74) is 3.87. The van der Waals surface area contributed by atoms with Gasteiger partial charge in [-0.1, -0.05) is 36.7 Å². The molecule has 0 saturated heterocycles. The predicted octanol–water partition coefficient (Wildman–Crippen LogP) is 4.26. The summed E-state index contributed by atoms with van der Waals surface area (Å²) < 4.78 is 0. The highest BCUT2D eigenvalue weighted by atomic mass is 35.5. The number of hydrogen-bond acceptors (Lipinski definition) is 2. The largest absolute Gasteiger partial charge is 0.375 e. The van der Waals surface area contributed by atoms with Gasteiger partial charge in [0, 0.05) is 5.69 Å². The first-order valence-corrected chi connectivity index (χ1v) is 7.35. The highest BCUT2D eigenvalue weighted by Gasteiger charge is 2.05. The van der Waals surface area contributed by atoms with Crippen LogP contribution in [0.2, 0.25) is 5.02 Å². The number of rotatable bonds is 5. The van der Waals surface area contributed by atoms with E-state index in [1.54, 1.807) is 0 Å². The number of hydrogen-bond donors (Lipinski definition) is 2. The van der Waals surface area contributed by atoms with Crippen LogP contribution in [-0.4, -0.2) is 12.5 Å². The first-order valence-electron chi connectivity index (χ1n) is 6.97. The number of halogens is 1. The van der Waals surface area contributed by atoms with Crippen molar-refractivity contribution in [2.75, 3.05) is 17.2 Å². The van der Waals surface area contributed by atoms with Gasteiger partial charge in [0.25, 0.3) is 0 Å². The number of carbonyl (C=O) groups is 1. The third-order valence-corrected chi connectivity index (χ3v) is 3.50. The zero-order valence-electron chi connectivity index (χ0n) is 12.2. The lowest BCUT2D eigenvalue weighted by Crippen LogP contribution is -2.21. The summed E-state index contributed by atoms with van der Waals surface area (Å²) in [5, 5.41) is 6.54. The van der Waals surface area contributed by atoms with Crippen LogP contribution >= 0.6 is 11.6 Å². The minimum absolute atomic E-state index is 0.0973. The third-order valence-electron chi connectivity index (χ3n) is 3.18.